The molecule has 13 heavy (non-hydrogen) atoms. The van der Waals surface area contributed by atoms with Crippen LogP contribution in [0, 0.1) is 11.8 Å². The summed E-state index contributed by atoms with van der Waals surface area (Å²) in [5.41, 5.74) is 0. The van der Waals surface area contributed by atoms with Crippen LogP contribution < -0.4 is 5.32 Å². The maximum absolute atomic E-state index is 9.08. The molecule has 0 aromatic heterocycles. The third-order valence-electron chi connectivity index (χ3n) is 3.39. The van der Waals surface area contributed by atoms with E-state index in [4.69, 9.17) is 5.11 Å². The molecule has 0 amide bonds. The number of nitrogens with one attached hydrogen (secondary N) is 1. The minimum absolute atomic E-state index is 0.316. The Hall–Kier alpha value is 0.270. The minimum atomic E-state index is 0.316. The van der Waals surface area contributed by atoms with Crippen molar-refractivity contribution in [3.8, 4) is 0 Å². The molecule has 2 saturated heterocycles. The first kappa shape index (κ1) is 9.81. The van der Waals surface area contributed by atoms with Gasteiger partial charge in [0.2, 0.25) is 0 Å². The standard InChI is InChI=1S/C10H19NOS/c12-6-10-5-8(1-3-11-10)9-2-4-13-7-9/h8-12H,1-7H2. The number of rotatable bonds is 2. The van der Waals surface area contributed by atoms with E-state index in [-0.39, 0.29) is 0 Å². The van der Waals surface area contributed by atoms with E-state index >= 15 is 0 Å². The summed E-state index contributed by atoms with van der Waals surface area (Å²) in [4.78, 5) is 0. The fourth-order valence-electron chi connectivity index (χ4n) is 2.53. The van der Waals surface area contributed by atoms with Gasteiger partial charge in [-0.05, 0) is 49.1 Å². The highest BCUT2D eigenvalue weighted by Gasteiger charge is 2.29. The second kappa shape index (κ2) is 4.67. The van der Waals surface area contributed by atoms with Crippen molar-refractivity contribution in [3.63, 3.8) is 0 Å². The molecule has 0 aliphatic carbocycles. The molecule has 2 aliphatic heterocycles. The lowest BCUT2D eigenvalue weighted by Gasteiger charge is -2.32. The number of thioether (sulfide) groups is 1. The average molecular weight is 201 g/mol. The Morgan fingerprint density at radius 1 is 1.31 bits per heavy atom. The highest BCUT2D eigenvalue weighted by atomic mass is 32.2. The molecule has 3 unspecified atom stereocenters. The molecule has 0 saturated carbocycles. The van der Waals surface area contributed by atoms with E-state index in [1.807, 2.05) is 0 Å². The average Bonchev–Trinajstić information content (AvgIpc) is 2.71. The van der Waals surface area contributed by atoms with Gasteiger partial charge in [-0.15, -0.1) is 0 Å². The van der Waals surface area contributed by atoms with Crippen molar-refractivity contribution < 1.29 is 5.11 Å². The summed E-state index contributed by atoms with van der Waals surface area (Å²) < 4.78 is 0. The zero-order valence-electron chi connectivity index (χ0n) is 8.04. The van der Waals surface area contributed by atoms with E-state index in [1.165, 1.54) is 30.8 Å². The monoisotopic (exact) mass is 201 g/mol. The molecule has 2 nitrogen and oxygen atoms in total. The van der Waals surface area contributed by atoms with E-state index in [2.05, 4.69) is 17.1 Å². The summed E-state index contributed by atoms with van der Waals surface area (Å²) in [5, 5.41) is 12.4. The first-order valence-corrected chi connectivity index (χ1v) is 6.47. The van der Waals surface area contributed by atoms with Crippen LogP contribution in [-0.4, -0.2) is 35.8 Å². The Morgan fingerprint density at radius 2 is 2.23 bits per heavy atom. The van der Waals surface area contributed by atoms with Crippen molar-refractivity contribution in [3.05, 3.63) is 0 Å². The number of hydrogen-bond acceptors (Lipinski definition) is 3. The van der Waals surface area contributed by atoms with E-state index in [1.54, 1.807) is 0 Å². The molecule has 3 atom stereocenters. The van der Waals surface area contributed by atoms with Gasteiger partial charge in [-0.1, -0.05) is 0 Å². The molecule has 76 valence electrons. The Bertz CT molecular complexity index is 159. The van der Waals surface area contributed by atoms with Gasteiger partial charge in [-0.2, -0.15) is 11.8 Å². The van der Waals surface area contributed by atoms with Gasteiger partial charge in [0, 0.05) is 6.04 Å². The second-order valence-electron chi connectivity index (χ2n) is 4.24. The van der Waals surface area contributed by atoms with Gasteiger partial charge in [0.1, 0.15) is 0 Å². The molecule has 2 N–H and O–H groups in total. The topological polar surface area (TPSA) is 32.3 Å². The largest absolute Gasteiger partial charge is 0.395 e. The van der Waals surface area contributed by atoms with E-state index < -0.39 is 0 Å². The number of aliphatic hydroxyl groups is 1. The summed E-state index contributed by atoms with van der Waals surface area (Å²) >= 11 is 2.10. The molecular weight excluding hydrogens is 182 g/mol. The Kier molecular flexibility index (Phi) is 3.52. The predicted molar refractivity (Wildman–Crippen MR) is 57.0 cm³/mol. The quantitative estimate of drug-likeness (QED) is 0.702. The van der Waals surface area contributed by atoms with Crippen molar-refractivity contribution in [2.75, 3.05) is 24.7 Å². The summed E-state index contributed by atoms with van der Waals surface area (Å²) in [6.07, 6.45) is 3.93. The molecule has 2 rings (SSSR count). The fourth-order valence-corrected chi connectivity index (χ4v) is 3.91. The van der Waals surface area contributed by atoms with Gasteiger partial charge in [0.25, 0.3) is 0 Å². The Labute approximate surface area is 84.5 Å². The number of aliphatic hydroxyl groups excluding tert-OH is 1. The van der Waals surface area contributed by atoms with Crippen molar-refractivity contribution in [2.24, 2.45) is 11.8 Å². The van der Waals surface area contributed by atoms with Crippen LogP contribution in [0.4, 0.5) is 0 Å². The van der Waals surface area contributed by atoms with Gasteiger partial charge < -0.3 is 10.4 Å². The highest BCUT2D eigenvalue weighted by molar-refractivity contribution is 7.99. The Morgan fingerprint density at radius 3 is 2.92 bits per heavy atom. The van der Waals surface area contributed by atoms with Gasteiger partial charge in [-0.3, -0.25) is 0 Å². The van der Waals surface area contributed by atoms with Crippen molar-refractivity contribution in [2.45, 2.75) is 25.3 Å². The van der Waals surface area contributed by atoms with Crippen LogP contribution in [0.15, 0.2) is 0 Å². The van der Waals surface area contributed by atoms with Crippen LogP contribution >= 0.6 is 11.8 Å². The van der Waals surface area contributed by atoms with E-state index in [0.29, 0.717) is 12.6 Å². The van der Waals surface area contributed by atoms with Crippen molar-refractivity contribution in [1.82, 2.24) is 5.32 Å². The summed E-state index contributed by atoms with van der Waals surface area (Å²) in [7, 11) is 0. The third-order valence-corrected chi connectivity index (χ3v) is 4.58. The zero-order valence-corrected chi connectivity index (χ0v) is 8.85. The lowest BCUT2D eigenvalue weighted by molar-refractivity contribution is 0.168. The van der Waals surface area contributed by atoms with Gasteiger partial charge in [0.15, 0.2) is 0 Å². The second-order valence-corrected chi connectivity index (χ2v) is 5.39. The maximum atomic E-state index is 9.08. The molecule has 0 aromatic carbocycles. The third kappa shape index (κ3) is 2.39. The fraction of sp³-hybridized carbons (Fsp3) is 1.00. The van der Waals surface area contributed by atoms with Gasteiger partial charge in [0.05, 0.1) is 6.61 Å². The first-order valence-electron chi connectivity index (χ1n) is 5.32. The zero-order chi connectivity index (χ0) is 9.10. The van der Waals surface area contributed by atoms with E-state index in [0.717, 1.165) is 18.4 Å². The molecule has 2 fully saturated rings. The van der Waals surface area contributed by atoms with Gasteiger partial charge >= 0.3 is 0 Å². The van der Waals surface area contributed by atoms with Gasteiger partial charge in [-0.25, -0.2) is 0 Å². The van der Waals surface area contributed by atoms with Crippen LogP contribution in [-0.2, 0) is 0 Å². The van der Waals surface area contributed by atoms with Crippen molar-refractivity contribution >= 4 is 11.8 Å². The van der Waals surface area contributed by atoms with Crippen LogP contribution in [0.1, 0.15) is 19.3 Å². The van der Waals surface area contributed by atoms with E-state index in [9.17, 15) is 0 Å². The predicted octanol–water partition coefficient (Wildman–Crippen LogP) is 1.10. The normalized spacial score (nSPS) is 40.8. The summed E-state index contributed by atoms with van der Waals surface area (Å²) in [6.45, 7) is 1.42. The molecular formula is C10H19NOS. The van der Waals surface area contributed by atoms with Crippen molar-refractivity contribution in [1.29, 1.82) is 0 Å². The molecule has 2 heterocycles. The number of hydrogen-bond donors (Lipinski definition) is 2. The molecule has 2 aliphatic rings. The SMILES string of the molecule is OCC1CC(C2CCSC2)CCN1. The minimum Gasteiger partial charge on any atom is -0.395 e. The molecule has 0 radical (unpaired) electrons. The Balaban J connectivity index is 1.84. The molecule has 0 spiro atoms. The smallest absolute Gasteiger partial charge is 0.0584 e. The molecule has 0 bridgehead atoms. The number of piperidine rings is 1. The lowest BCUT2D eigenvalue weighted by Crippen LogP contribution is -2.42. The lowest BCUT2D eigenvalue weighted by atomic mass is 9.82. The van der Waals surface area contributed by atoms with Crippen LogP contribution in [0.25, 0.3) is 0 Å². The summed E-state index contributed by atoms with van der Waals surface area (Å²) in [5.74, 6) is 4.55. The summed E-state index contributed by atoms with van der Waals surface area (Å²) in [6, 6.07) is 0.379. The van der Waals surface area contributed by atoms with Crippen LogP contribution in [0.2, 0.25) is 0 Å². The maximum Gasteiger partial charge on any atom is 0.0584 e. The highest BCUT2D eigenvalue weighted by Crippen LogP contribution is 2.35. The van der Waals surface area contributed by atoms with Crippen LogP contribution in [0.3, 0.4) is 0 Å². The first-order chi connectivity index (χ1) is 6.40. The molecule has 3 heteroatoms. The van der Waals surface area contributed by atoms with Crippen LogP contribution in [0.5, 0.6) is 0 Å². The molecule has 0 aromatic rings.